The molecule has 0 atom stereocenters. The Balaban J connectivity index is 0. The minimum atomic E-state index is -0.527. The van der Waals surface area contributed by atoms with Crippen molar-refractivity contribution in [3.05, 3.63) is 0 Å². The van der Waals surface area contributed by atoms with E-state index >= 15 is 0 Å². The van der Waals surface area contributed by atoms with Gasteiger partial charge in [0.1, 0.15) is 11.4 Å². The van der Waals surface area contributed by atoms with Crippen LogP contribution < -0.4 is 0 Å². The monoisotopic (exact) mass is 244 g/mol. The highest BCUT2D eigenvalue weighted by Gasteiger charge is 1.98. The minimum Gasteiger partial charge on any atom is -0.411 e. The Kier molecular flexibility index (Phi) is 9.38. The second kappa shape index (κ2) is 9.20. The first-order valence-electron chi connectivity index (χ1n) is 4.65. The van der Waals surface area contributed by atoms with E-state index < -0.39 is 5.97 Å². The largest absolute Gasteiger partial charge is 0.411 e. The van der Waals surface area contributed by atoms with Gasteiger partial charge in [-0.3, -0.25) is 9.59 Å². The fourth-order valence-corrected chi connectivity index (χ4v) is 0.267. The van der Waals surface area contributed by atoms with Crippen LogP contribution in [0.3, 0.4) is 0 Å². The van der Waals surface area contributed by atoms with Crippen LogP contribution in [-0.4, -0.2) is 34.2 Å². The SMILES string of the molecule is CC(=O)/C(C)=N\O.CC(=O)O/N=C(/C)C(C)=O. The summed E-state index contributed by atoms with van der Waals surface area (Å²) >= 11 is 0. The van der Waals surface area contributed by atoms with Crippen LogP contribution in [0, 0.1) is 0 Å². The van der Waals surface area contributed by atoms with Crippen LogP contribution in [0.4, 0.5) is 0 Å². The van der Waals surface area contributed by atoms with Crippen LogP contribution in [0.15, 0.2) is 10.3 Å². The van der Waals surface area contributed by atoms with Crippen molar-refractivity contribution in [3.8, 4) is 0 Å². The number of hydrogen-bond donors (Lipinski definition) is 1. The van der Waals surface area contributed by atoms with E-state index in [4.69, 9.17) is 5.21 Å². The summed E-state index contributed by atoms with van der Waals surface area (Å²) in [5, 5.41) is 13.8. The number of carbonyl (C=O) groups is 3. The Morgan fingerprint density at radius 2 is 1.29 bits per heavy atom. The highest BCUT2D eigenvalue weighted by molar-refractivity contribution is 6.38. The number of oxime groups is 2. The maximum Gasteiger partial charge on any atom is 0.331 e. The molecular weight excluding hydrogens is 228 g/mol. The van der Waals surface area contributed by atoms with Crippen LogP contribution in [0.25, 0.3) is 0 Å². The van der Waals surface area contributed by atoms with Crippen molar-refractivity contribution in [2.75, 3.05) is 0 Å². The van der Waals surface area contributed by atoms with Gasteiger partial charge in [0.05, 0.1) is 0 Å². The van der Waals surface area contributed by atoms with Crippen LogP contribution in [0.2, 0.25) is 0 Å². The maximum absolute atomic E-state index is 10.4. The first-order valence-corrected chi connectivity index (χ1v) is 4.65. The van der Waals surface area contributed by atoms with Crippen molar-refractivity contribution >= 4 is 29.0 Å². The van der Waals surface area contributed by atoms with Gasteiger partial charge in [0.2, 0.25) is 0 Å². The normalized spacial score (nSPS) is 11.1. The second-order valence-corrected chi connectivity index (χ2v) is 3.06. The number of carbonyl (C=O) groups excluding carboxylic acids is 3. The number of nitrogens with zero attached hydrogens (tertiary/aromatic N) is 2. The zero-order chi connectivity index (χ0) is 14.0. The molecule has 7 nitrogen and oxygen atoms in total. The molecule has 0 aliphatic heterocycles. The highest BCUT2D eigenvalue weighted by Crippen LogP contribution is 1.83. The van der Waals surface area contributed by atoms with Gasteiger partial charge in [-0.2, -0.15) is 0 Å². The molecule has 0 aliphatic rings. The van der Waals surface area contributed by atoms with Crippen molar-refractivity contribution in [2.24, 2.45) is 10.3 Å². The Labute approximate surface area is 99.1 Å². The topological polar surface area (TPSA) is 105 Å². The summed E-state index contributed by atoms with van der Waals surface area (Å²) in [5.41, 5.74) is 0.329. The molecule has 0 fully saturated rings. The van der Waals surface area contributed by atoms with Crippen molar-refractivity contribution in [2.45, 2.75) is 34.6 Å². The standard InChI is InChI=1S/C6H9NO3.C4H7NO2/c1-4(5(2)8)7-10-6(3)9;1-3(5-7)4(2)6/h1-3H3;7H,1-2H3/b7-4-;5-3-. The summed E-state index contributed by atoms with van der Waals surface area (Å²) in [4.78, 5) is 34.8. The molecule has 1 N–H and O–H groups in total. The zero-order valence-electron chi connectivity index (χ0n) is 10.5. The smallest absolute Gasteiger partial charge is 0.331 e. The Bertz CT molecular complexity index is 358. The quantitative estimate of drug-likeness (QED) is 0.344. The maximum atomic E-state index is 10.4. The lowest BCUT2D eigenvalue weighted by atomic mass is 10.3. The molecule has 0 unspecified atom stereocenters. The summed E-state index contributed by atoms with van der Waals surface area (Å²) < 4.78 is 0. The highest BCUT2D eigenvalue weighted by atomic mass is 16.7. The molecule has 0 aromatic rings. The van der Waals surface area contributed by atoms with E-state index in [1.54, 1.807) is 0 Å². The third-order valence-electron chi connectivity index (χ3n) is 1.48. The summed E-state index contributed by atoms with van der Waals surface area (Å²) in [6.45, 7) is 6.84. The van der Waals surface area contributed by atoms with Gasteiger partial charge in [0, 0.05) is 20.8 Å². The number of ketones is 2. The summed E-state index contributed by atoms with van der Waals surface area (Å²) in [6.07, 6.45) is 0. The van der Waals surface area contributed by atoms with Crippen molar-refractivity contribution in [1.29, 1.82) is 0 Å². The lowest BCUT2D eigenvalue weighted by Crippen LogP contribution is -2.06. The molecule has 0 aromatic carbocycles. The van der Waals surface area contributed by atoms with Gasteiger partial charge in [-0.15, -0.1) is 0 Å². The fraction of sp³-hybridized carbons (Fsp3) is 0.500. The second-order valence-electron chi connectivity index (χ2n) is 3.06. The molecule has 0 bridgehead atoms. The summed E-state index contributed by atoms with van der Waals surface area (Å²) in [6, 6.07) is 0. The Morgan fingerprint density at radius 3 is 1.47 bits per heavy atom. The van der Waals surface area contributed by atoms with Gasteiger partial charge in [0.15, 0.2) is 11.6 Å². The Morgan fingerprint density at radius 1 is 0.882 bits per heavy atom. The Hall–Kier alpha value is -2.05. The lowest BCUT2D eigenvalue weighted by molar-refractivity contribution is -0.141. The molecular formula is C10H16N2O5. The van der Waals surface area contributed by atoms with Gasteiger partial charge in [0.25, 0.3) is 0 Å². The number of hydrogen-bond acceptors (Lipinski definition) is 7. The first kappa shape index (κ1) is 17.3. The molecule has 7 heteroatoms. The van der Waals surface area contributed by atoms with E-state index in [0.717, 1.165) is 0 Å². The molecule has 0 rings (SSSR count). The summed E-state index contributed by atoms with van der Waals surface area (Å²) in [7, 11) is 0. The third kappa shape index (κ3) is 11.9. The van der Waals surface area contributed by atoms with Gasteiger partial charge >= 0.3 is 5.97 Å². The molecule has 0 spiro atoms. The van der Waals surface area contributed by atoms with E-state index in [2.05, 4.69) is 15.1 Å². The summed E-state index contributed by atoms with van der Waals surface area (Å²) in [5.74, 6) is -0.940. The number of rotatable bonds is 3. The van der Waals surface area contributed by atoms with Crippen LogP contribution in [0.1, 0.15) is 34.6 Å². The fourth-order valence-electron chi connectivity index (χ4n) is 0.267. The van der Waals surface area contributed by atoms with Crippen molar-refractivity contribution in [3.63, 3.8) is 0 Å². The lowest BCUT2D eigenvalue weighted by Gasteiger charge is -1.91. The van der Waals surface area contributed by atoms with Crippen LogP contribution in [0.5, 0.6) is 0 Å². The van der Waals surface area contributed by atoms with E-state index in [1.807, 2.05) is 0 Å². The van der Waals surface area contributed by atoms with E-state index in [0.29, 0.717) is 0 Å². The average Bonchev–Trinajstić information content (AvgIpc) is 2.24. The first-order chi connectivity index (χ1) is 7.72. The third-order valence-corrected chi connectivity index (χ3v) is 1.48. The zero-order valence-corrected chi connectivity index (χ0v) is 10.5. The van der Waals surface area contributed by atoms with Gasteiger partial charge in [-0.05, 0) is 13.8 Å². The molecule has 0 radical (unpaired) electrons. The van der Waals surface area contributed by atoms with Gasteiger partial charge in [-0.25, -0.2) is 4.79 Å². The van der Waals surface area contributed by atoms with Gasteiger partial charge in [-0.1, -0.05) is 10.3 Å². The van der Waals surface area contributed by atoms with E-state index in [9.17, 15) is 14.4 Å². The molecule has 0 heterocycles. The molecule has 0 saturated carbocycles. The van der Waals surface area contributed by atoms with Crippen molar-refractivity contribution in [1.82, 2.24) is 0 Å². The average molecular weight is 244 g/mol. The number of Topliss-reactive ketones (excluding diaryl/α,β-unsaturated/α-hetero) is 2. The molecule has 0 saturated heterocycles. The predicted octanol–water partition coefficient (Wildman–Crippen LogP) is 0.940. The molecule has 0 aliphatic carbocycles. The molecule has 0 amide bonds. The van der Waals surface area contributed by atoms with E-state index in [1.165, 1.54) is 34.6 Å². The van der Waals surface area contributed by atoms with Crippen LogP contribution in [-0.2, 0) is 19.2 Å². The molecule has 96 valence electrons. The van der Waals surface area contributed by atoms with Crippen molar-refractivity contribution < 1.29 is 24.4 Å². The van der Waals surface area contributed by atoms with Gasteiger partial charge < -0.3 is 10.0 Å². The van der Waals surface area contributed by atoms with E-state index in [-0.39, 0.29) is 23.0 Å². The predicted molar refractivity (Wildman–Crippen MR) is 61.1 cm³/mol. The minimum absolute atomic E-state index is 0.139. The molecule has 17 heavy (non-hydrogen) atoms. The van der Waals surface area contributed by atoms with Crippen LogP contribution >= 0.6 is 0 Å². The molecule has 0 aromatic heterocycles.